The van der Waals surface area contributed by atoms with Gasteiger partial charge in [-0.25, -0.2) is 0 Å². The number of benzene rings is 1. The summed E-state index contributed by atoms with van der Waals surface area (Å²) in [6.45, 7) is 1.85. The fourth-order valence-electron chi connectivity index (χ4n) is 3.13. The van der Waals surface area contributed by atoms with Gasteiger partial charge in [0.1, 0.15) is 6.04 Å². The molecular formula is C16H21N3O2. The smallest absolute Gasteiger partial charge is 0.243 e. The van der Waals surface area contributed by atoms with Crippen LogP contribution in [0.4, 0.5) is 0 Å². The lowest BCUT2D eigenvalue weighted by atomic mass is 9.93. The van der Waals surface area contributed by atoms with E-state index in [4.69, 9.17) is 0 Å². The summed E-state index contributed by atoms with van der Waals surface area (Å²) in [4.78, 5) is 26.8. The van der Waals surface area contributed by atoms with Gasteiger partial charge in [0.25, 0.3) is 0 Å². The van der Waals surface area contributed by atoms with Gasteiger partial charge in [0.05, 0.1) is 5.41 Å². The Kier molecular flexibility index (Phi) is 3.68. The molecule has 5 heteroatoms. The Bertz CT molecular complexity index is 540. The molecule has 2 fully saturated rings. The second-order valence-corrected chi connectivity index (χ2v) is 5.78. The van der Waals surface area contributed by atoms with Crippen LogP contribution < -0.4 is 10.6 Å². The summed E-state index contributed by atoms with van der Waals surface area (Å²) < 4.78 is 0. The average Bonchev–Trinajstić information content (AvgIpc) is 3.36. The van der Waals surface area contributed by atoms with Crippen molar-refractivity contribution in [3.8, 4) is 0 Å². The van der Waals surface area contributed by atoms with Crippen LogP contribution in [0.1, 0.15) is 18.4 Å². The Morgan fingerprint density at radius 3 is 2.62 bits per heavy atom. The molecule has 1 heterocycles. The Morgan fingerprint density at radius 1 is 1.29 bits per heavy atom. The molecule has 1 aromatic rings. The molecule has 112 valence electrons. The van der Waals surface area contributed by atoms with Crippen LogP contribution >= 0.6 is 0 Å². The molecule has 0 bridgehead atoms. The molecule has 1 atom stereocenters. The van der Waals surface area contributed by atoms with E-state index >= 15 is 0 Å². The maximum atomic E-state index is 13.0. The zero-order chi connectivity index (χ0) is 14.9. The van der Waals surface area contributed by atoms with Crippen LogP contribution in [-0.4, -0.2) is 49.4 Å². The van der Waals surface area contributed by atoms with E-state index in [1.54, 1.807) is 11.9 Å². The third kappa shape index (κ3) is 2.42. The third-order valence-corrected chi connectivity index (χ3v) is 4.54. The van der Waals surface area contributed by atoms with Gasteiger partial charge in [-0.15, -0.1) is 0 Å². The average molecular weight is 287 g/mol. The van der Waals surface area contributed by atoms with Gasteiger partial charge in [-0.2, -0.15) is 0 Å². The summed E-state index contributed by atoms with van der Waals surface area (Å²) in [7, 11) is 1.61. The van der Waals surface area contributed by atoms with E-state index in [0.29, 0.717) is 13.1 Å². The van der Waals surface area contributed by atoms with Crippen LogP contribution in [0, 0.1) is 0 Å². The van der Waals surface area contributed by atoms with Gasteiger partial charge in [-0.05, 0) is 18.4 Å². The van der Waals surface area contributed by atoms with E-state index in [0.717, 1.165) is 24.9 Å². The number of rotatable bonds is 3. The molecule has 2 amide bonds. The monoisotopic (exact) mass is 287 g/mol. The summed E-state index contributed by atoms with van der Waals surface area (Å²) >= 11 is 0. The molecule has 1 aliphatic carbocycles. The van der Waals surface area contributed by atoms with Crippen molar-refractivity contribution in [3.63, 3.8) is 0 Å². The Labute approximate surface area is 124 Å². The third-order valence-electron chi connectivity index (χ3n) is 4.54. The van der Waals surface area contributed by atoms with Crippen LogP contribution in [0.15, 0.2) is 30.3 Å². The molecule has 3 rings (SSSR count). The summed E-state index contributed by atoms with van der Waals surface area (Å²) in [5.74, 6) is 0.00297. The second-order valence-electron chi connectivity index (χ2n) is 5.78. The fraction of sp³-hybridized carbons (Fsp3) is 0.500. The molecule has 1 aliphatic heterocycles. The van der Waals surface area contributed by atoms with Crippen molar-refractivity contribution in [1.29, 1.82) is 0 Å². The minimum Gasteiger partial charge on any atom is -0.357 e. The summed E-state index contributed by atoms with van der Waals surface area (Å²) in [5.41, 5.74) is 0.675. The van der Waals surface area contributed by atoms with Crippen LogP contribution in [0.3, 0.4) is 0 Å². The normalized spacial score (nSPS) is 23.5. The summed E-state index contributed by atoms with van der Waals surface area (Å²) in [5, 5.41) is 5.85. The van der Waals surface area contributed by atoms with E-state index < -0.39 is 11.5 Å². The van der Waals surface area contributed by atoms with Crippen molar-refractivity contribution < 1.29 is 9.59 Å². The van der Waals surface area contributed by atoms with Crippen molar-refractivity contribution in [2.45, 2.75) is 24.3 Å². The number of likely N-dealkylation sites (N-methyl/N-ethyl adjacent to an activating group) is 1. The van der Waals surface area contributed by atoms with E-state index in [-0.39, 0.29) is 11.8 Å². The predicted molar refractivity (Wildman–Crippen MR) is 79.8 cm³/mol. The van der Waals surface area contributed by atoms with E-state index in [1.165, 1.54) is 0 Å². The largest absolute Gasteiger partial charge is 0.357 e. The lowest BCUT2D eigenvalue weighted by Gasteiger charge is -2.37. The van der Waals surface area contributed by atoms with Crippen molar-refractivity contribution in [3.05, 3.63) is 35.9 Å². The second kappa shape index (κ2) is 5.48. The maximum absolute atomic E-state index is 13.0. The first-order chi connectivity index (χ1) is 10.2. The zero-order valence-electron chi connectivity index (χ0n) is 12.3. The molecule has 1 aromatic carbocycles. The number of nitrogens with zero attached hydrogens (tertiary/aromatic N) is 1. The number of piperazine rings is 1. The number of nitrogens with one attached hydrogen (secondary N) is 2. The maximum Gasteiger partial charge on any atom is 0.243 e. The summed E-state index contributed by atoms with van der Waals surface area (Å²) in [6, 6.07) is 9.52. The lowest BCUT2D eigenvalue weighted by Crippen LogP contribution is -2.61. The highest BCUT2D eigenvalue weighted by molar-refractivity contribution is 5.95. The van der Waals surface area contributed by atoms with Gasteiger partial charge in [-0.3, -0.25) is 9.59 Å². The van der Waals surface area contributed by atoms with Gasteiger partial charge < -0.3 is 15.5 Å². The molecule has 0 aromatic heterocycles. The molecule has 0 spiro atoms. The number of hydrogen-bond acceptors (Lipinski definition) is 3. The van der Waals surface area contributed by atoms with Crippen LogP contribution in [-0.2, 0) is 15.0 Å². The molecule has 5 nitrogen and oxygen atoms in total. The standard InChI is InChI=1S/C16H21N3O2/c1-17-14(20)13-11-18-9-10-19(13)15(21)16(7-8-16)12-5-3-2-4-6-12/h2-6,13,18H,7-11H2,1H3,(H,17,20). The fourth-order valence-corrected chi connectivity index (χ4v) is 3.13. The lowest BCUT2D eigenvalue weighted by molar-refractivity contribution is -0.143. The van der Waals surface area contributed by atoms with Crippen LogP contribution in [0.25, 0.3) is 0 Å². The Hall–Kier alpha value is -1.88. The molecule has 21 heavy (non-hydrogen) atoms. The molecule has 1 saturated heterocycles. The van der Waals surface area contributed by atoms with Gasteiger partial charge in [-0.1, -0.05) is 30.3 Å². The molecule has 0 radical (unpaired) electrons. The van der Waals surface area contributed by atoms with Gasteiger partial charge in [0.2, 0.25) is 11.8 Å². The topological polar surface area (TPSA) is 61.4 Å². The first-order valence-corrected chi connectivity index (χ1v) is 7.48. The number of amides is 2. The quantitative estimate of drug-likeness (QED) is 0.838. The minimum absolute atomic E-state index is 0.0978. The number of carbonyl (C=O) groups excluding carboxylic acids is 2. The molecule has 1 saturated carbocycles. The van der Waals surface area contributed by atoms with E-state index in [9.17, 15) is 9.59 Å². The zero-order valence-corrected chi connectivity index (χ0v) is 12.3. The van der Waals surface area contributed by atoms with Gasteiger partial charge in [0.15, 0.2) is 0 Å². The molecule has 2 N–H and O–H groups in total. The van der Waals surface area contributed by atoms with Crippen molar-refractivity contribution in [2.24, 2.45) is 0 Å². The summed E-state index contributed by atoms with van der Waals surface area (Å²) in [6.07, 6.45) is 1.75. The first-order valence-electron chi connectivity index (χ1n) is 7.48. The van der Waals surface area contributed by atoms with Gasteiger partial charge in [0, 0.05) is 26.7 Å². The molecule has 1 unspecified atom stereocenters. The number of hydrogen-bond donors (Lipinski definition) is 2. The van der Waals surface area contributed by atoms with E-state index in [1.807, 2.05) is 30.3 Å². The number of carbonyl (C=O) groups is 2. The SMILES string of the molecule is CNC(=O)C1CNCCN1C(=O)C1(c2ccccc2)CC1. The highest BCUT2D eigenvalue weighted by Crippen LogP contribution is 2.49. The predicted octanol–water partition coefficient (Wildman–Crippen LogP) is 0.265. The highest BCUT2D eigenvalue weighted by Gasteiger charge is 2.54. The Morgan fingerprint density at radius 2 is 2.00 bits per heavy atom. The van der Waals surface area contributed by atoms with Gasteiger partial charge >= 0.3 is 0 Å². The molecular weight excluding hydrogens is 266 g/mol. The van der Waals surface area contributed by atoms with Crippen molar-refractivity contribution in [1.82, 2.24) is 15.5 Å². The first kappa shape index (κ1) is 14.1. The Balaban J connectivity index is 1.85. The van der Waals surface area contributed by atoms with Crippen molar-refractivity contribution in [2.75, 3.05) is 26.7 Å². The van der Waals surface area contributed by atoms with E-state index in [2.05, 4.69) is 10.6 Å². The minimum atomic E-state index is -0.405. The van der Waals surface area contributed by atoms with Crippen LogP contribution in [0.5, 0.6) is 0 Å². The molecule has 2 aliphatic rings. The van der Waals surface area contributed by atoms with Crippen molar-refractivity contribution >= 4 is 11.8 Å². The highest BCUT2D eigenvalue weighted by atomic mass is 16.2. The van der Waals surface area contributed by atoms with Crippen LogP contribution in [0.2, 0.25) is 0 Å².